The molecule has 2 aromatic carbocycles. The number of fused-ring (bicyclic) bond motifs is 1. The fourth-order valence-electron chi connectivity index (χ4n) is 3.30. The number of methoxy groups -OCH3 is 2. The van der Waals surface area contributed by atoms with Crippen LogP contribution in [0, 0.1) is 5.92 Å². The van der Waals surface area contributed by atoms with Gasteiger partial charge in [0.1, 0.15) is 5.82 Å². The predicted octanol–water partition coefficient (Wildman–Crippen LogP) is 4.20. The molecule has 6 heteroatoms. The highest BCUT2D eigenvalue weighted by Crippen LogP contribution is 2.28. The van der Waals surface area contributed by atoms with Crippen LogP contribution in [0.2, 0.25) is 0 Å². The molecule has 0 unspecified atom stereocenters. The third-order valence-electron chi connectivity index (χ3n) is 4.61. The van der Waals surface area contributed by atoms with Gasteiger partial charge in [-0.1, -0.05) is 26.0 Å². The molecular weight excluding hydrogens is 354 g/mol. The summed E-state index contributed by atoms with van der Waals surface area (Å²) in [5.41, 5.74) is 2.53. The molecule has 0 saturated carbocycles. The van der Waals surface area contributed by atoms with Crippen LogP contribution in [0.1, 0.15) is 43.0 Å². The van der Waals surface area contributed by atoms with Gasteiger partial charge in [0.25, 0.3) is 5.91 Å². The second-order valence-electron chi connectivity index (χ2n) is 7.23. The van der Waals surface area contributed by atoms with Crippen molar-refractivity contribution in [2.75, 3.05) is 14.2 Å². The summed E-state index contributed by atoms with van der Waals surface area (Å²) in [5, 5.41) is 3.06. The van der Waals surface area contributed by atoms with Crippen molar-refractivity contribution in [3.63, 3.8) is 0 Å². The van der Waals surface area contributed by atoms with Gasteiger partial charge in [-0.3, -0.25) is 4.79 Å². The monoisotopic (exact) mass is 381 g/mol. The number of aromatic nitrogens is 2. The lowest BCUT2D eigenvalue weighted by Crippen LogP contribution is -2.29. The van der Waals surface area contributed by atoms with E-state index in [1.54, 1.807) is 32.4 Å². The number of carbonyl (C=O) groups is 1. The molecule has 3 aromatic rings. The molecule has 3 rings (SSSR count). The van der Waals surface area contributed by atoms with Crippen molar-refractivity contribution < 1.29 is 14.3 Å². The van der Waals surface area contributed by atoms with E-state index in [1.165, 1.54) is 0 Å². The third-order valence-corrected chi connectivity index (χ3v) is 4.61. The number of hydrogen-bond acceptors (Lipinski definition) is 4. The second kappa shape index (κ2) is 8.33. The van der Waals surface area contributed by atoms with E-state index in [0.29, 0.717) is 23.0 Å². The predicted molar refractivity (Wildman–Crippen MR) is 110 cm³/mol. The Bertz CT molecular complexity index is 978. The van der Waals surface area contributed by atoms with Crippen LogP contribution in [0.3, 0.4) is 0 Å². The minimum absolute atomic E-state index is 0.184. The first-order valence-electron chi connectivity index (χ1n) is 9.42. The zero-order valence-corrected chi connectivity index (χ0v) is 17.0. The SMILES string of the molecule is COc1ccc(C(=O)N[C@H](C)c2nc3ccccc3n2CC(C)C)cc1OC. The van der Waals surface area contributed by atoms with E-state index < -0.39 is 0 Å². The van der Waals surface area contributed by atoms with Crippen molar-refractivity contribution in [1.29, 1.82) is 0 Å². The molecule has 0 spiro atoms. The third kappa shape index (κ3) is 3.96. The zero-order valence-electron chi connectivity index (χ0n) is 17.0. The fraction of sp³-hybridized carbons (Fsp3) is 0.364. The number of amides is 1. The van der Waals surface area contributed by atoms with Crippen LogP contribution >= 0.6 is 0 Å². The molecule has 0 radical (unpaired) electrons. The maximum atomic E-state index is 12.8. The molecule has 0 aliphatic carbocycles. The Morgan fingerprint density at radius 2 is 1.79 bits per heavy atom. The van der Waals surface area contributed by atoms with Gasteiger partial charge in [-0.2, -0.15) is 0 Å². The molecule has 1 heterocycles. The van der Waals surface area contributed by atoms with Gasteiger partial charge in [0.05, 0.1) is 31.3 Å². The van der Waals surface area contributed by atoms with Crippen molar-refractivity contribution in [3.05, 3.63) is 53.9 Å². The van der Waals surface area contributed by atoms with Gasteiger partial charge < -0.3 is 19.4 Å². The van der Waals surface area contributed by atoms with Gasteiger partial charge in [0.15, 0.2) is 11.5 Å². The van der Waals surface area contributed by atoms with Crippen LogP contribution in [-0.2, 0) is 6.54 Å². The number of rotatable bonds is 7. The fourth-order valence-corrected chi connectivity index (χ4v) is 3.30. The molecular formula is C22H27N3O3. The van der Waals surface area contributed by atoms with Crippen LogP contribution < -0.4 is 14.8 Å². The average molecular weight is 381 g/mol. The number of para-hydroxylation sites is 2. The van der Waals surface area contributed by atoms with E-state index in [-0.39, 0.29) is 11.9 Å². The Kier molecular flexibility index (Phi) is 5.87. The van der Waals surface area contributed by atoms with Gasteiger partial charge in [-0.15, -0.1) is 0 Å². The molecule has 0 aliphatic rings. The number of hydrogen-bond donors (Lipinski definition) is 1. The van der Waals surface area contributed by atoms with Crippen LogP contribution in [0.25, 0.3) is 11.0 Å². The highest BCUT2D eigenvalue weighted by Gasteiger charge is 2.20. The van der Waals surface area contributed by atoms with E-state index in [0.717, 1.165) is 23.4 Å². The summed E-state index contributed by atoms with van der Waals surface area (Å²) in [6.07, 6.45) is 0. The van der Waals surface area contributed by atoms with Gasteiger partial charge in [-0.25, -0.2) is 4.98 Å². The molecule has 1 N–H and O–H groups in total. The van der Waals surface area contributed by atoms with Crippen LogP contribution in [0.15, 0.2) is 42.5 Å². The lowest BCUT2D eigenvalue weighted by molar-refractivity contribution is 0.0937. The molecule has 148 valence electrons. The summed E-state index contributed by atoms with van der Waals surface area (Å²) in [7, 11) is 3.12. The van der Waals surface area contributed by atoms with Crippen molar-refractivity contribution in [2.45, 2.75) is 33.4 Å². The quantitative estimate of drug-likeness (QED) is 0.666. The second-order valence-corrected chi connectivity index (χ2v) is 7.23. The van der Waals surface area contributed by atoms with Gasteiger partial charge in [0, 0.05) is 12.1 Å². The van der Waals surface area contributed by atoms with E-state index >= 15 is 0 Å². The molecule has 28 heavy (non-hydrogen) atoms. The Morgan fingerprint density at radius 1 is 1.07 bits per heavy atom. The summed E-state index contributed by atoms with van der Waals surface area (Å²) in [5.74, 6) is 2.24. The van der Waals surface area contributed by atoms with E-state index in [9.17, 15) is 4.79 Å². The van der Waals surface area contributed by atoms with Crippen LogP contribution in [0.5, 0.6) is 11.5 Å². The number of carbonyl (C=O) groups excluding carboxylic acids is 1. The molecule has 0 aliphatic heterocycles. The summed E-state index contributed by atoms with van der Waals surface area (Å²) in [6.45, 7) is 7.14. The van der Waals surface area contributed by atoms with Gasteiger partial charge in [0.2, 0.25) is 0 Å². The molecule has 0 fully saturated rings. The first-order chi connectivity index (χ1) is 13.4. The largest absolute Gasteiger partial charge is 0.493 e. The zero-order chi connectivity index (χ0) is 20.3. The Hall–Kier alpha value is -3.02. The summed E-state index contributed by atoms with van der Waals surface area (Å²) in [4.78, 5) is 17.6. The van der Waals surface area contributed by atoms with E-state index in [2.05, 4.69) is 29.8 Å². The first kappa shape index (κ1) is 19.7. The normalized spacial score (nSPS) is 12.2. The molecule has 0 bridgehead atoms. The molecule has 1 amide bonds. The number of nitrogens with one attached hydrogen (secondary N) is 1. The topological polar surface area (TPSA) is 65.4 Å². The highest BCUT2D eigenvalue weighted by atomic mass is 16.5. The lowest BCUT2D eigenvalue weighted by atomic mass is 10.1. The van der Waals surface area contributed by atoms with Gasteiger partial charge in [-0.05, 0) is 43.2 Å². The minimum Gasteiger partial charge on any atom is -0.493 e. The number of nitrogens with zero attached hydrogens (tertiary/aromatic N) is 2. The maximum absolute atomic E-state index is 12.8. The number of benzene rings is 2. The molecule has 1 atom stereocenters. The standard InChI is InChI=1S/C22H27N3O3/c1-14(2)13-25-18-9-7-6-8-17(18)24-21(25)15(3)23-22(26)16-10-11-19(27-4)20(12-16)28-5/h6-12,14-15H,13H2,1-5H3,(H,23,26)/t15-/m1/s1. The Balaban J connectivity index is 1.88. The van der Waals surface area contributed by atoms with Gasteiger partial charge >= 0.3 is 0 Å². The van der Waals surface area contributed by atoms with Crippen molar-refractivity contribution >= 4 is 16.9 Å². The van der Waals surface area contributed by atoms with Crippen LogP contribution in [0.4, 0.5) is 0 Å². The molecule has 1 aromatic heterocycles. The first-order valence-corrected chi connectivity index (χ1v) is 9.42. The van der Waals surface area contributed by atoms with E-state index in [4.69, 9.17) is 14.5 Å². The Morgan fingerprint density at radius 3 is 2.46 bits per heavy atom. The molecule has 6 nitrogen and oxygen atoms in total. The number of ether oxygens (including phenoxy) is 2. The smallest absolute Gasteiger partial charge is 0.251 e. The maximum Gasteiger partial charge on any atom is 0.251 e. The minimum atomic E-state index is -0.244. The summed E-state index contributed by atoms with van der Waals surface area (Å²) >= 11 is 0. The summed E-state index contributed by atoms with van der Waals surface area (Å²) in [6, 6.07) is 12.9. The Labute approximate surface area is 165 Å². The van der Waals surface area contributed by atoms with Crippen LogP contribution in [-0.4, -0.2) is 29.7 Å². The van der Waals surface area contributed by atoms with E-state index in [1.807, 2.05) is 25.1 Å². The average Bonchev–Trinajstić information content (AvgIpc) is 3.05. The lowest BCUT2D eigenvalue weighted by Gasteiger charge is -2.18. The highest BCUT2D eigenvalue weighted by molar-refractivity contribution is 5.95. The van der Waals surface area contributed by atoms with Crippen molar-refractivity contribution in [3.8, 4) is 11.5 Å². The molecule has 0 saturated heterocycles. The van der Waals surface area contributed by atoms with Crippen molar-refractivity contribution in [2.24, 2.45) is 5.92 Å². The number of imidazole rings is 1. The summed E-state index contributed by atoms with van der Waals surface area (Å²) < 4.78 is 12.7. The van der Waals surface area contributed by atoms with Crippen molar-refractivity contribution in [1.82, 2.24) is 14.9 Å².